The highest BCUT2D eigenvalue weighted by molar-refractivity contribution is 6.34. The van der Waals surface area contributed by atoms with Gasteiger partial charge in [-0.05, 0) is 30.2 Å². The van der Waals surface area contributed by atoms with Crippen molar-refractivity contribution in [1.29, 1.82) is 0 Å². The Labute approximate surface area is 100 Å². The van der Waals surface area contributed by atoms with E-state index in [0.717, 1.165) is 12.0 Å². The Morgan fingerprint density at radius 1 is 1.29 bits per heavy atom. The van der Waals surface area contributed by atoms with E-state index in [1.54, 1.807) is 12.1 Å². The molecule has 0 fully saturated rings. The first-order chi connectivity index (χ1) is 6.13. The average molecular weight is 253 g/mol. The molecule has 2 N–H and O–H groups in total. The van der Waals surface area contributed by atoms with E-state index in [9.17, 15) is 0 Å². The van der Waals surface area contributed by atoms with Crippen LogP contribution in [-0.2, 0) is 0 Å². The van der Waals surface area contributed by atoms with Gasteiger partial charge in [-0.25, -0.2) is 0 Å². The van der Waals surface area contributed by atoms with Crippen molar-refractivity contribution in [2.75, 3.05) is 0 Å². The van der Waals surface area contributed by atoms with Gasteiger partial charge in [0.2, 0.25) is 0 Å². The van der Waals surface area contributed by atoms with Gasteiger partial charge in [-0.15, -0.1) is 19.0 Å². The maximum Gasteiger partial charge on any atom is 0.0424 e. The van der Waals surface area contributed by atoms with Gasteiger partial charge in [0.05, 0.1) is 0 Å². The van der Waals surface area contributed by atoms with E-state index >= 15 is 0 Å². The summed E-state index contributed by atoms with van der Waals surface area (Å²) in [6.45, 7) is 3.63. The lowest BCUT2D eigenvalue weighted by atomic mass is 10.1. The van der Waals surface area contributed by atoms with Crippen LogP contribution in [0.25, 0.3) is 0 Å². The maximum atomic E-state index is 5.85. The van der Waals surface area contributed by atoms with Crippen molar-refractivity contribution in [3.63, 3.8) is 0 Å². The Kier molecular flexibility index (Phi) is 6.21. The van der Waals surface area contributed by atoms with Crippen LogP contribution in [0.1, 0.15) is 18.0 Å². The Morgan fingerprint density at radius 3 is 2.21 bits per heavy atom. The smallest absolute Gasteiger partial charge is 0.0424 e. The number of nitrogens with two attached hydrogens (primary N) is 1. The monoisotopic (exact) mass is 251 g/mol. The minimum Gasteiger partial charge on any atom is -0.324 e. The van der Waals surface area contributed by atoms with Gasteiger partial charge in [0.1, 0.15) is 0 Å². The molecule has 0 aliphatic carbocycles. The summed E-state index contributed by atoms with van der Waals surface area (Å²) in [5.41, 5.74) is 6.80. The second-order valence-corrected chi connectivity index (χ2v) is 3.71. The number of halogens is 3. The highest BCUT2D eigenvalue weighted by Gasteiger charge is 2.05. The Hall–Kier alpha value is -0.210. The molecule has 0 saturated carbocycles. The summed E-state index contributed by atoms with van der Waals surface area (Å²) >= 11 is 11.7. The van der Waals surface area contributed by atoms with E-state index in [-0.39, 0.29) is 18.4 Å². The largest absolute Gasteiger partial charge is 0.324 e. The predicted octanol–water partition coefficient (Wildman–Crippen LogP) is 3.99. The van der Waals surface area contributed by atoms with Gasteiger partial charge in [0, 0.05) is 16.1 Å². The highest BCUT2D eigenvalue weighted by Crippen LogP contribution is 2.23. The highest BCUT2D eigenvalue weighted by atomic mass is 35.5. The normalized spacial score (nSPS) is 11.6. The molecule has 14 heavy (non-hydrogen) atoms. The fraction of sp³-hybridized carbons (Fsp3) is 0.200. The molecular weight excluding hydrogens is 240 g/mol. The van der Waals surface area contributed by atoms with E-state index in [1.807, 2.05) is 12.1 Å². The lowest BCUT2D eigenvalue weighted by molar-refractivity contribution is 0.742. The quantitative estimate of drug-likeness (QED) is 0.809. The third kappa shape index (κ3) is 3.89. The summed E-state index contributed by atoms with van der Waals surface area (Å²) in [6.07, 6.45) is 2.50. The lowest BCUT2D eigenvalue weighted by Crippen LogP contribution is -2.08. The summed E-state index contributed by atoms with van der Waals surface area (Å²) in [5.74, 6) is 0. The Balaban J connectivity index is 0.00000169. The molecule has 0 aromatic heterocycles. The zero-order valence-electron chi connectivity index (χ0n) is 7.54. The molecular formula is C10H12Cl3N. The SMILES string of the molecule is C=CC[C@H](N)c1cc(Cl)cc(Cl)c1.Cl. The van der Waals surface area contributed by atoms with Gasteiger partial charge >= 0.3 is 0 Å². The summed E-state index contributed by atoms with van der Waals surface area (Å²) in [5, 5.41) is 1.23. The minimum absolute atomic E-state index is 0. The molecule has 0 unspecified atom stereocenters. The van der Waals surface area contributed by atoms with Crippen LogP contribution in [0.2, 0.25) is 10.0 Å². The van der Waals surface area contributed by atoms with E-state index in [0.29, 0.717) is 10.0 Å². The van der Waals surface area contributed by atoms with Gasteiger partial charge in [-0.3, -0.25) is 0 Å². The molecule has 0 heterocycles. The molecule has 1 aromatic rings. The fourth-order valence-electron chi connectivity index (χ4n) is 1.10. The number of benzene rings is 1. The third-order valence-electron chi connectivity index (χ3n) is 1.73. The van der Waals surface area contributed by atoms with Gasteiger partial charge in [0.25, 0.3) is 0 Å². The molecule has 0 radical (unpaired) electrons. The van der Waals surface area contributed by atoms with Crippen molar-refractivity contribution in [3.8, 4) is 0 Å². The Bertz CT molecular complexity index is 292. The molecule has 78 valence electrons. The minimum atomic E-state index is -0.0753. The van der Waals surface area contributed by atoms with Crippen molar-refractivity contribution in [2.45, 2.75) is 12.5 Å². The van der Waals surface area contributed by atoms with Crippen LogP contribution in [0.5, 0.6) is 0 Å². The molecule has 0 bridgehead atoms. The molecule has 0 aliphatic heterocycles. The van der Waals surface area contributed by atoms with E-state index < -0.39 is 0 Å². The second-order valence-electron chi connectivity index (χ2n) is 2.83. The van der Waals surface area contributed by atoms with Gasteiger partial charge in [-0.2, -0.15) is 0 Å². The molecule has 0 spiro atoms. The number of rotatable bonds is 3. The molecule has 1 aromatic carbocycles. The summed E-state index contributed by atoms with van der Waals surface area (Å²) < 4.78 is 0. The van der Waals surface area contributed by atoms with E-state index in [2.05, 4.69) is 6.58 Å². The molecule has 0 aliphatic rings. The molecule has 0 amide bonds. The van der Waals surface area contributed by atoms with Gasteiger partial charge in [-0.1, -0.05) is 29.3 Å². The first kappa shape index (κ1) is 13.8. The zero-order valence-corrected chi connectivity index (χ0v) is 9.87. The fourth-order valence-corrected chi connectivity index (χ4v) is 1.65. The summed E-state index contributed by atoms with van der Waals surface area (Å²) in [7, 11) is 0. The van der Waals surface area contributed by atoms with Crippen LogP contribution < -0.4 is 5.73 Å². The molecule has 1 nitrogen and oxygen atoms in total. The second kappa shape index (κ2) is 6.31. The van der Waals surface area contributed by atoms with Crippen molar-refractivity contribution in [2.24, 2.45) is 5.73 Å². The maximum absolute atomic E-state index is 5.85. The zero-order chi connectivity index (χ0) is 9.84. The van der Waals surface area contributed by atoms with Gasteiger partial charge < -0.3 is 5.73 Å². The molecule has 1 rings (SSSR count). The van der Waals surface area contributed by atoms with Crippen LogP contribution >= 0.6 is 35.6 Å². The van der Waals surface area contributed by atoms with Crippen LogP contribution in [0.15, 0.2) is 30.9 Å². The molecule has 4 heteroatoms. The Morgan fingerprint density at radius 2 is 1.79 bits per heavy atom. The lowest BCUT2D eigenvalue weighted by Gasteiger charge is -2.09. The first-order valence-electron chi connectivity index (χ1n) is 3.96. The van der Waals surface area contributed by atoms with Crippen LogP contribution in [0, 0.1) is 0 Å². The average Bonchev–Trinajstić information content (AvgIpc) is 2.03. The van der Waals surface area contributed by atoms with E-state index in [1.165, 1.54) is 0 Å². The van der Waals surface area contributed by atoms with Crippen molar-refractivity contribution < 1.29 is 0 Å². The summed E-state index contributed by atoms with van der Waals surface area (Å²) in [6, 6.07) is 5.25. The number of hydrogen-bond donors (Lipinski definition) is 1. The third-order valence-corrected chi connectivity index (χ3v) is 2.17. The predicted molar refractivity (Wildman–Crippen MR) is 65.5 cm³/mol. The standard InChI is InChI=1S/C10H11Cl2N.ClH/c1-2-3-10(13)7-4-8(11)6-9(12)5-7;/h2,4-6,10H,1,3,13H2;1H/t10-;/m0./s1. The first-order valence-corrected chi connectivity index (χ1v) is 4.71. The number of hydrogen-bond acceptors (Lipinski definition) is 1. The van der Waals surface area contributed by atoms with Crippen LogP contribution in [0.3, 0.4) is 0 Å². The van der Waals surface area contributed by atoms with Crippen molar-refractivity contribution >= 4 is 35.6 Å². The van der Waals surface area contributed by atoms with Crippen LogP contribution in [-0.4, -0.2) is 0 Å². The summed E-state index contributed by atoms with van der Waals surface area (Å²) in [4.78, 5) is 0. The van der Waals surface area contributed by atoms with Crippen LogP contribution in [0.4, 0.5) is 0 Å². The van der Waals surface area contributed by atoms with Crippen molar-refractivity contribution in [3.05, 3.63) is 46.5 Å². The topological polar surface area (TPSA) is 26.0 Å². The molecule has 1 atom stereocenters. The van der Waals surface area contributed by atoms with Gasteiger partial charge in [0.15, 0.2) is 0 Å². The molecule has 0 saturated heterocycles. The van der Waals surface area contributed by atoms with E-state index in [4.69, 9.17) is 28.9 Å². The van der Waals surface area contributed by atoms with Crippen molar-refractivity contribution in [1.82, 2.24) is 0 Å².